The molecular formula is C9H16N6O3S. The molecule has 1 amide bonds. The van der Waals surface area contributed by atoms with E-state index in [0.717, 1.165) is 0 Å². The maximum absolute atomic E-state index is 11.7. The largest absolute Gasteiger partial charge is 0.350 e. The summed E-state index contributed by atoms with van der Waals surface area (Å²) in [6, 6.07) is 0. The van der Waals surface area contributed by atoms with E-state index in [2.05, 4.69) is 25.4 Å². The van der Waals surface area contributed by atoms with Crippen LogP contribution in [0.2, 0.25) is 0 Å². The van der Waals surface area contributed by atoms with Gasteiger partial charge in [0.2, 0.25) is 10.0 Å². The van der Waals surface area contributed by atoms with Gasteiger partial charge in [-0.1, -0.05) is 6.92 Å². The van der Waals surface area contributed by atoms with Crippen LogP contribution in [0.25, 0.3) is 0 Å². The van der Waals surface area contributed by atoms with Crippen LogP contribution in [-0.4, -0.2) is 43.1 Å². The molecule has 0 saturated carbocycles. The Hall–Kier alpha value is -1.78. The van der Waals surface area contributed by atoms with Gasteiger partial charge in [-0.05, 0) is 0 Å². The van der Waals surface area contributed by atoms with Gasteiger partial charge in [0, 0.05) is 13.1 Å². The van der Waals surface area contributed by atoms with Gasteiger partial charge in [0.1, 0.15) is 5.69 Å². The van der Waals surface area contributed by atoms with Gasteiger partial charge < -0.3 is 10.7 Å². The Bertz CT molecular complexity index is 533. The Kier molecular flexibility index (Phi) is 5.60. The van der Waals surface area contributed by atoms with E-state index in [1.807, 2.05) is 0 Å². The van der Waals surface area contributed by atoms with E-state index in [0.29, 0.717) is 6.54 Å². The molecule has 5 N–H and O–H groups in total. The first-order chi connectivity index (χ1) is 8.98. The van der Waals surface area contributed by atoms with E-state index < -0.39 is 15.9 Å². The van der Waals surface area contributed by atoms with Crippen molar-refractivity contribution in [2.75, 3.05) is 24.3 Å². The number of nitrogen functional groups attached to an aromatic ring is 1. The summed E-state index contributed by atoms with van der Waals surface area (Å²) in [7, 11) is -3.36. The number of nitrogens with zero attached hydrogens (tertiary/aromatic N) is 2. The van der Waals surface area contributed by atoms with Crippen LogP contribution in [0.1, 0.15) is 17.4 Å². The third kappa shape index (κ3) is 5.16. The number of nitrogens with two attached hydrogens (primary N) is 1. The Morgan fingerprint density at radius 1 is 1.42 bits per heavy atom. The molecule has 0 aliphatic carbocycles. The number of aromatic nitrogens is 2. The smallest absolute Gasteiger partial charge is 0.271 e. The number of nitrogens with one attached hydrogen (secondary N) is 3. The zero-order valence-electron chi connectivity index (χ0n) is 10.4. The van der Waals surface area contributed by atoms with Gasteiger partial charge in [-0.25, -0.2) is 24.0 Å². The number of sulfonamides is 1. The fourth-order valence-electron chi connectivity index (χ4n) is 1.23. The molecule has 0 radical (unpaired) electrons. The summed E-state index contributed by atoms with van der Waals surface area (Å²) in [6.45, 7) is 1.97. The molecule has 0 fully saturated rings. The van der Waals surface area contributed by atoms with Crippen molar-refractivity contribution in [2.45, 2.75) is 6.92 Å². The van der Waals surface area contributed by atoms with Crippen LogP contribution >= 0.6 is 0 Å². The van der Waals surface area contributed by atoms with Crippen molar-refractivity contribution >= 4 is 21.7 Å². The van der Waals surface area contributed by atoms with Crippen molar-refractivity contribution in [3.63, 3.8) is 0 Å². The number of anilines is 1. The molecule has 0 bridgehead atoms. The highest BCUT2D eigenvalue weighted by molar-refractivity contribution is 7.89. The van der Waals surface area contributed by atoms with Crippen LogP contribution in [0.4, 0.5) is 5.82 Å². The molecule has 1 heterocycles. The summed E-state index contributed by atoms with van der Waals surface area (Å²) in [4.78, 5) is 19.3. The van der Waals surface area contributed by atoms with E-state index in [1.54, 1.807) is 6.92 Å². The van der Waals surface area contributed by atoms with Crippen LogP contribution in [0.5, 0.6) is 0 Å². The second-order valence-corrected chi connectivity index (χ2v) is 5.43. The number of rotatable bonds is 7. The van der Waals surface area contributed by atoms with E-state index in [4.69, 9.17) is 5.84 Å². The summed E-state index contributed by atoms with van der Waals surface area (Å²) in [5.74, 6) is 4.66. The van der Waals surface area contributed by atoms with E-state index in [9.17, 15) is 13.2 Å². The zero-order chi connectivity index (χ0) is 14.3. The first kappa shape index (κ1) is 15.3. The Morgan fingerprint density at radius 3 is 2.79 bits per heavy atom. The molecule has 9 nitrogen and oxygen atoms in total. The third-order valence-corrected chi connectivity index (χ3v) is 3.51. The lowest BCUT2D eigenvalue weighted by atomic mass is 10.4. The zero-order valence-corrected chi connectivity index (χ0v) is 11.2. The molecule has 0 saturated heterocycles. The minimum Gasteiger partial charge on any atom is -0.350 e. The third-order valence-electron chi connectivity index (χ3n) is 2.04. The molecule has 0 spiro atoms. The van der Waals surface area contributed by atoms with Crippen molar-refractivity contribution in [3.05, 3.63) is 18.1 Å². The molecule has 0 unspecified atom stereocenters. The van der Waals surface area contributed by atoms with Crippen molar-refractivity contribution in [1.29, 1.82) is 0 Å². The number of hydrogen-bond acceptors (Lipinski definition) is 7. The second-order valence-electron chi connectivity index (χ2n) is 3.51. The number of carbonyl (C=O) groups is 1. The summed E-state index contributed by atoms with van der Waals surface area (Å²) < 4.78 is 25.0. The van der Waals surface area contributed by atoms with Crippen LogP contribution in [0.3, 0.4) is 0 Å². The summed E-state index contributed by atoms with van der Waals surface area (Å²) in [5, 5.41) is 2.44. The van der Waals surface area contributed by atoms with Crippen molar-refractivity contribution in [1.82, 2.24) is 20.0 Å². The highest BCUT2D eigenvalue weighted by atomic mass is 32.2. The molecule has 106 valence electrons. The lowest BCUT2D eigenvalue weighted by molar-refractivity contribution is 0.0951. The van der Waals surface area contributed by atoms with Crippen LogP contribution in [0.15, 0.2) is 12.4 Å². The van der Waals surface area contributed by atoms with Crippen LogP contribution in [0, 0.1) is 0 Å². The monoisotopic (exact) mass is 288 g/mol. The van der Waals surface area contributed by atoms with Crippen LogP contribution in [-0.2, 0) is 10.0 Å². The first-order valence-corrected chi connectivity index (χ1v) is 7.18. The molecule has 19 heavy (non-hydrogen) atoms. The Morgan fingerprint density at radius 2 is 2.16 bits per heavy atom. The average molecular weight is 288 g/mol. The number of amides is 1. The first-order valence-electron chi connectivity index (χ1n) is 5.52. The van der Waals surface area contributed by atoms with Gasteiger partial charge in [-0.15, -0.1) is 0 Å². The van der Waals surface area contributed by atoms with Gasteiger partial charge >= 0.3 is 0 Å². The summed E-state index contributed by atoms with van der Waals surface area (Å²) in [6.07, 6.45) is 2.61. The van der Waals surface area contributed by atoms with Gasteiger partial charge in [0.05, 0.1) is 18.1 Å². The fraction of sp³-hybridized carbons (Fsp3) is 0.444. The quantitative estimate of drug-likeness (QED) is 0.351. The number of carbonyl (C=O) groups excluding carboxylic acids is 1. The summed E-state index contributed by atoms with van der Waals surface area (Å²) in [5.41, 5.74) is 2.31. The standard InChI is InChI=1S/C9H16N6O3S/c1-2-13-19(17,18)4-3-12-9(16)7-5-11-6-8(14-7)15-10/h5-6,13H,2-4,10H2,1H3,(H,12,16)(H,14,15). The molecular weight excluding hydrogens is 272 g/mol. The Labute approximate surface area is 111 Å². The Balaban J connectivity index is 2.52. The average Bonchev–Trinajstić information content (AvgIpc) is 2.38. The molecule has 1 aromatic rings. The maximum Gasteiger partial charge on any atom is 0.271 e. The van der Waals surface area contributed by atoms with Gasteiger partial charge in [0.25, 0.3) is 5.91 Å². The van der Waals surface area contributed by atoms with Gasteiger partial charge in [0.15, 0.2) is 5.82 Å². The highest BCUT2D eigenvalue weighted by Gasteiger charge is 2.11. The van der Waals surface area contributed by atoms with Gasteiger partial charge in [-0.2, -0.15) is 0 Å². The van der Waals surface area contributed by atoms with Crippen molar-refractivity contribution < 1.29 is 13.2 Å². The topological polar surface area (TPSA) is 139 Å². The molecule has 0 aromatic carbocycles. The van der Waals surface area contributed by atoms with Crippen molar-refractivity contribution in [2.24, 2.45) is 5.84 Å². The predicted molar refractivity (Wildman–Crippen MR) is 69.6 cm³/mol. The van der Waals surface area contributed by atoms with E-state index in [-0.39, 0.29) is 23.8 Å². The van der Waals surface area contributed by atoms with Gasteiger partial charge in [-0.3, -0.25) is 9.78 Å². The molecule has 0 aliphatic rings. The van der Waals surface area contributed by atoms with E-state index >= 15 is 0 Å². The maximum atomic E-state index is 11.7. The number of hydrogen-bond donors (Lipinski definition) is 4. The fourth-order valence-corrected chi connectivity index (χ4v) is 2.18. The second kappa shape index (κ2) is 6.97. The minimum absolute atomic E-state index is 0.0177. The molecule has 1 rings (SSSR count). The lowest BCUT2D eigenvalue weighted by Gasteiger charge is -2.06. The van der Waals surface area contributed by atoms with Crippen LogP contribution < -0.4 is 21.3 Å². The molecule has 10 heteroatoms. The number of hydrazine groups is 1. The SMILES string of the molecule is CCNS(=O)(=O)CCNC(=O)c1cncc(NN)n1. The minimum atomic E-state index is -3.36. The molecule has 1 aromatic heterocycles. The normalized spacial score (nSPS) is 11.1. The molecule has 0 aliphatic heterocycles. The van der Waals surface area contributed by atoms with Crippen molar-refractivity contribution in [3.8, 4) is 0 Å². The highest BCUT2D eigenvalue weighted by Crippen LogP contribution is 1.99. The lowest BCUT2D eigenvalue weighted by Crippen LogP contribution is -2.34. The molecule has 0 atom stereocenters. The summed E-state index contributed by atoms with van der Waals surface area (Å²) >= 11 is 0. The predicted octanol–water partition coefficient (Wildman–Crippen LogP) is -1.57. The van der Waals surface area contributed by atoms with E-state index in [1.165, 1.54) is 12.4 Å².